The highest BCUT2D eigenvalue weighted by Crippen LogP contribution is 2.30. The smallest absolute Gasteiger partial charge is 0.143 e. The van der Waals surface area contributed by atoms with Crippen LogP contribution in [0.25, 0.3) is 0 Å². The molecule has 0 aliphatic carbocycles. The lowest BCUT2D eigenvalue weighted by atomic mass is 10.1. The van der Waals surface area contributed by atoms with Gasteiger partial charge < -0.3 is 20.5 Å². The summed E-state index contributed by atoms with van der Waals surface area (Å²) in [5.74, 6) is 0.719. The largest absolute Gasteiger partial charge is 0.495 e. The van der Waals surface area contributed by atoms with E-state index in [4.69, 9.17) is 15.2 Å². The Labute approximate surface area is 95.7 Å². The van der Waals surface area contributed by atoms with Crippen molar-refractivity contribution in [3.8, 4) is 5.75 Å². The Morgan fingerprint density at radius 1 is 1.38 bits per heavy atom. The van der Waals surface area contributed by atoms with Gasteiger partial charge in [0.1, 0.15) is 5.75 Å². The summed E-state index contributed by atoms with van der Waals surface area (Å²) in [6.45, 7) is 1.64. The summed E-state index contributed by atoms with van der Waals surface area (Å²) in [4.78, 5) is 0. The molecule has 2 rings (SSSR count). The van der Waals surface area contributed by atoms with Crippen LogP contribution in [0, 0.1) is 0 Å². The highest BCUT2D eigenvalue weighted by molar-refractivity contribution is 5.73. The molecule has 0 saturated carbocycles. The zero-order valence-corrected chi connectivity index (χ0v) is 9.53. The molecule has 0 spiro atoms. The zero-order chi connectivity index (χ0) is 11.4. The molecule has 1 heterocycles. The SMILES string of the molecule is COc1cccc(NC2CCOCC2)c1N. The number of hydrogen-bond acceptors (Lipinski definition) is 4. The van der Waals surface area contributed by atoms with Crippen LogP contribution in [0.5, 0.6) is 5.75 Å². The molecule has 1 aromatic rings. The quantitative estimate of drug-likeness (QED) is 0.766. The average Bonchev–Trinajstić information content (AvgIpc) is 2.33. The van der Waals surface area contributed by atoms with Crippen LogP contribution < -0.4 is 15.8 Å². The van der Waals surface area contributed by atoms with Gasteiger partial charge in [0.05, 0.1) is 18.5 Å². The van der Waals surface area contributed by atoms with Gasteiger partial charge >= 0.3 is 0 Å². The highest BCUT2D eigenvalue weighted by Gasteiger charge is 2.15. The van der Waals surface area contributed by atoms with Gasteiger partial charge in [-0.3, -0.25) is 0 Å². The van der Waals surface area contributed by atoms with Crippen LogP contribution in [0.2, 0.25) is 0 Å². The summed E-state index contributed by atoms with van der Waals surface area (Å²) in [6, 6.07) is 6.23. The fraction of sp³-hybridized carbons (Fsp3) is 0.500. The van der Waals surface area contributed by atoms with E-state index in [1.165, 1.54) is 0 Å². The number of nitrogens with one attached hydrogen (secondary N) is 1. The number of hydrogen-bond donors (Lipinski definition) is 2. The first kappa shape index (κ1) is 11.1. The van der Waals surface area contributed by atoms with Crippen molar-refractivity contribution < 1.29 is 9.47 Å². The second-order valence-electron chi connectivity index (χ2n) is 3.95. The van der Waals surface area contributed by atoms with Gasteiger partial charge in [0.2, 0.25) is 0 Å². The molecular weight excluding hydrogens is 204 g/mol. The molecule has 4 nitrogen and oxygen atoms in total. The molecular formula is C12H18N2O2. The lowest BCUT2D eigenvalue weighted by Crippen LogP contribution is -2.28. The standard InChI is InChI=1S/C12H18N2O2/c1-15-11-4-2-3-10(12(11)13)14-9-5-7-16-8-6-9/h2-4,9,14H,5-8,13H2,1H3. The van der Waals surface area contributed by atoms with Crippen molar-refractivity contribution in [2.75, 3.05) is 31.4 Å². The Morgan fingerprint density at radius 3 is 2.81 bits per heavy atom. The minimum absolute atomic E-state index is 0.447. The predicted octanol–water partition coefficient (Wildman–Crippen LogP) is 1.87. The summed E-state index contributed by atoms with van der Waals surface area (Å²) in [5.41, 5.74) is 7.62. The summed E-state index contributed by atoms with van der Waals surface area (Å²) in [5, 5.41) is 3.44. The molecule has 88 valence electrons. The Hall–Kier alpha value is -1.42. The summed E-state index contributed by atoms with van der Waals surface area (Å²) in [7, 11) is 1.63. The van der Waals surface area contributed by atoms with E-state index in [9.17, 15) is 0 Å². The first-order chi connectivity index (χ1) is 7.81. The van der Waals surface area contributed by atoms with E-state index >= 15 is 0 Å². The van der Waals surface area contributed by atoms with E-state index in [0.29, 0.717) is 11.7 Å². The van der Waals surface area contributed by atoms with Gasteiger partial charge in [-0.25, -0.2) is 0 Å². The fourth-order valence-electron chi connectivity index (χ4n) is 1.91. The zero-order valence-electron chi connectivity index (χ0n) is 9.53. The number of rotatable bonds is 3. The van der Waals surface area contributed by atoms with Crippen molar-refractivity contribution in [2.24, 2.45) is 0 Å². The molecule has 1 aliphatic heterocycles. The van der Waals surface area contributed by atoms with Crippen molar-refractivity contribution in [2.45, 2.75) is 18.9 Å². The van der Waals surface area contributed by atoms with Gasteiger partial charge in [-0.1, -0.05) is 6.07 Å². The number of methoxy groups -OCH3 is 1. The van der Waals surface area contributed by atoms with Gasteiger partial charge in [-0.05, 0) is 25.0 Å². The van der Waals surface area contributed by atoms with E-state index < -0.39 is 0 Å². The van der Waals surface area contributed by atoms with Crippen LogP contribution in [-0.2, 0) is 4.74 Å². The molecule has 1 aliphatic rings. The van der Waals surface area contributed by atoms with Crippen molar-refractivity contribution in [1.29, 1.82) is 0 Å². The highest BCUT2D eigenvalue weighted by atomic mass is 16.5. The fourth-order valence-corrected chi connectivity index (χ4v) is 1.91. The maximum Gasteiger partial charge on any atom is 0.143 e. The Kier molecular flexibility index (Phi) is 3.51. The molecule has 1 saturated heterocycles. The first-order valence-electron chi connectivity index (χ1n) is 5.58. The molecule has 4 heteroatoms. The van der Waals surface area contributed by atoms with Crippen LogP contribution in [0.1, 0.15) is 12.8 Å². The number of anilines is 2. The minimum Gasteiger partial charge on any atom is -0.495 e. The van der Waals surface area contributed by atoms with Gasteiger partial charge in [0, 0.05) is 19.3 Å². The Bertz CT molecular complexity index is 349. The maximum absolute atomic E-state index is 5.99. The number of ether oxygens (including phenoxy) is 2. The molecule has 0 aromatic heterocycles. The van der Waals surface area contributed by atoms with Gasteiger partial charge in [0.15, 0.2) is 0 Å². The monoisotopic (exact) mass is 222 g/mol. The van der Waals surface area contributed by atoms with Crippen LogP contribution >= 0.6 is 0 Å². The van der Waals surface area contributed by atoms with Crippen LogP contribution in [0.4, 0.5) is 11.4 Å². The number of nitrogen functional groups attached to an aromatic ring is 1. The van der Waals surface area contributed by atoms with E-state index in [-0.39, 0.29) is 0 Å². The van der Waals surface area contributed by atoms with Gasteiger partial charge in [-0.2, -0.15) is 0 Å². The predicted molar refractivity (Wildman–Crippen MR) is 64.9 cm³/mol. The third kappa shape index (κ3) is 2.39. The maximum atomic E-state index is 5.99. The number of nitrogens with two attached hydrogens (primary N) is 1. The second-order valence-corrected chi connectivity index (χ2v) is 3.95. The molecule has 0 unspecified atom stereocenters. The summed E-state index contributed by atoms with van der Waals surface area (Å²) in [6.07, 6.45) is 2.05. The van der Waals surface area contributed by atoms with Crippen LogP contribution in [0.15, 0.2) is 18.2 Å². The van der Waals surface area contributed by atoms with Gasteiger partial charge in [0.25, 0.3) is 0 Å². The molecule has 0 radical (unpaired) electrons. The van der Waals surface area contributed by atoms with E-state index in [2.05, 4.69) is 5.32 Å². The summed E-state index contributed by atoms with van der Waals surface area (Å²) >= 11 is 0. The molecule has 0 bridgehead atoms. The summed E-state index contributed by atoms with van der Waals surface area (Å²) < 4.78 is 10.5. The van der Waals surface area contributed by atoms with Crippen molar-refractivity contribution in [3.05, 3.63) is 18.2 Å². The minimum atomic E-state index is 0.447. The molecule has 16 heavy (non-hydrogen) atoms. The third-order valence-electron chi connectivity index (χ3n) is 2.87. The van der Waals surface area contributed by atoms with E-state index in [1.54, 1.807) is 7.11 Å². The molecule has 1 aromatic carbocycles. The van der Waals surface area contributed by atoms with Crippen LogP contribution in [-0.4, -0.2) is 26.4 Å². The average molecular weight is 222 g/mol. The normalized spacial score (nSPS) is 17.1. The van der Waals surface area contributed by atoms with Gasteiger partial charge in [-0.15, -0.1) is 0 Å². The lowest BCUT2D eigenvalue weighted by molar-refractivity contribution is 0.0904. The molecule has 3 N–H and O–H groups in total. The second kappa shape index (κ2) is 5.07. The lowest BCUT2D eigenvalue weighted by Gasteiger charge is -2.25. The molecule has 0 atom stereocenters. The van der Waals surface area contributed by atoms with E-state index in [1.807, 2.05) is 18.2 Å². The van der Waals surface area contributed by atoms with Crippen molar-refractivity contribution in [3.63, 3.8) is 0 Å². The Balaban J connectivity index is 2.08. The topological polar surface area (TPSA) is 56.5 Å². The van der Waals surface area contributed by atoms with Crippen molar-refractivity contribution in [1.82, 2.24) is 0 Å². The van der Waals surface area contributed by atoms with Crippen molar-refractivity contribution >= 4 is 11.4 Å². The first-order valence-corrected chi connectivity index (χ1v) is 5.58. The number of benzene rings is 1. The third-order valence-corrected chi connectivity index (χ3v) is 2.87. The Morgan fingerprint density at radius 2 is 2.12 bits per heavy atom. The molecule has 1 fully saturated rings. The van der Waals surface area contributed by atoms with E-state index in [0.717, 1.165) is 37.5 Å². The number of para-hydroxylation sites is 1. The molecule has 0 amide bonds. The van der Waals surface area contributed by atoms with Crippen LogP contribution in [0.3, 0.4) is 0 Å².